The van der Waals surface area contributed by atoms with Crippen LogP contribution >= 0.6 is 0 Å². The summed E-state index contributed by atoms with van der Waals surface area (Å²) in [6.45, 7) is 10.4. The minimum atomic E-state index is -0.690. The van der Waals surface area contributed by atoms with Crippen molar-refractivity contribution in [2.24, 2.45) is 11.8 Å². The third-order valence-electron chi connectivity index (χ3n) is 3.40. The molecule has 0 saturated carbocycles. The minimum Gasteiger partial charge on any atom is -0.390 e. The summed E-state index contributed by atoms with van der Waals surface area (Å²) < 4.78 is 13.1. The topological polar surface area (TPSA) is 20.2 Å². The second-order valence-corrected chi connectivity index (χ2v) is 6.67. The Morgan fingerprint density at radius 1 is 1.11 bits per heavy atom. The zero-order valence-electron chi connectivity index (χ0n) is 12.8. The van der Waals surface area contributed by atoms with Crippen LogP contribution in [0.3, 0.4) is 0 Å². The predicted octanol–water partition coefficient (Wildman–Crippen LogP) is 4.50. The summed E-state index contributed by atoms with van der Waals surface area (Å²) in [7, 11) is 0. The molecule has 0 fully saturated rings. The quantitative estimate of drug-likeness (QED) is 0.803. The molecule has 108 valence electrons. The van der Waals surface area contributed by atoms with Gasteiger partial charge in [-0.2, -0.15) is 0 Å². The Morgan fingerprint density at radius 3 is 2.05 bits per heavy atom. The van der Waals surface area contributed by atoms with Gasteiger partial charge >= 0.3 is 0 Å². The van der Waals surface area contributed by atoms with E-state index in [0.29, 0.717) is 18.3 Å². The number of hydrogen-bond donors (Lipinski definition) is 1. The van der Waals surface area contributed by atoms with Crippen LogP contribution in [0.5, 0.6) is 0 Å². The Bertz CT molecular complexity index is 400. The highest BCUT2D eigenvalue weighted by Gasteiger charge is 2.29. The van der Waals surface area contributed by atoms with Gasteiger partial charge in [-0.15, -0.1) is 0 Å². The summed E-state index contributed by atoms with van der Waals surface area (Å²) in [5, 5.41) is 10.9. The van der Waals surface area contributed by atoms with Crippen molar-refractivity contribution in [2.45, 2.75) is 59.5 Å². The molecule has 0 bridgehead atoms. The summed E-state index contributed by atoms with van der Waals surface area (Å²) in [5.74, 6) is 0.687. The number of rotatable bonds is 6. The molecule has 0 saturated heterocycles. The van der Waals surface area contributed by atoms with Crippen LogP contribution in [0.25, 0.3) is 0 Å². The Kier molecular flexibility index (Phi) is 5.54. The van der Waals surface area contributed by atoms with Crippen LogP contribution in [0.4, 0.5) is 4.39 Å². The highest BCUT2D eigenvalue weighted by molar-refractivity contribution is 5.28. The number of benzene rings is 1. The third-order valence-corrected chi connectivity index (χ3v) is 3.40. The molecule has 1 aromatic rings. The van der Waals surface area contributed by atoms with Gasteiger partial charge in [-0.3, -0.25) is 0 Å². The molecule has 1 rings (SSSR count). The first-order chi connectivity index (χ1) is 8.72. The zero-order valence-corrected chi connectivity index (χ0v) is 12.8. The Balaban J connectivity index is 2.93. The van der Waals surface area contributed by atoms with Crippen LogP contribution < -0.4 is 0 Å². The molecule has 19 heavy (non-hydrogen) atoms. The number of hydrogen-bond acceptors (Lipinski definition) is 1. The third kappa shape index (κ3) is 5.32. The largest absolute Gasteiger partial charge is 0.390 e. The SMILES string of the molecule is Cc1cc(F)ccc1CC(O)(CC(C)C)CC(C)C. The summed E-state index contributed by atoms with van der Waals surface area (Å²) >= 11 is 0. The van der Waals surface area contributed by atoms with Crippen LogP contribution in [0.2, 0.25) is 0 Å². The summed E-state index contributed by atoms with van der Waals surface area (Å²) in [4.78, 5) is 0. The van der Waals surface area contributed by atoms with Crippen molar-refractivity contribution in [3.05, 3.63) is 35.1 Å². The van der Waals surface area contributed by atoms with Gasteiger partial charge < -0.3 is 5.11 Å². The number of aliphatic hydroxyl groups is 1. The molecule has 1 aromatic carbocycles. The lowest BCUT2D eigenvalue weighted by Crippen LogP contribution is -2.35. The van der Waals surface area contributed by atoms with E-state index >= 15 is 0 Å². The standard InChI is InChI=1S/C17H27FO/c1-12(2)9-17(19,10-13(3)4)11-15-6-7-16(18)8-14(15)5/h6-8,12-13,19H,9-11H2,1-5H3. The lowest BCUT2D eigenvalue weighted by atomic mass is 9.80. The van der Waals surface area contributed by atoms with Crippen LogP contribution in [-0.4, -0.2) is 10.7 Å². The van der Waals surface area contributed by atoms with Crippen molar-refractivity contribution >= 4 is 0 Å². The number of aryl methyl sites for hydroxylation is 1. The Hall–Kier alpha value is -0.890. The molecule has 0 aliphatic carbocycles. The molecule has 0 atom stereocenters. The van der Waals surface area contributed by atoms with E-state index in [9.17, 15) is 9.50 Å². The van der Waals surface area contributed by atoms with Gasteiger partial charge in [-0.25, -0.2) is 4.39 Å². The van der Waals surface area contributed by atoms with Crippen LogP contribution in [-0.2, 0) is 6.42 Å². The molecule has 0 aliphatic rings. The van der Waals surface area contributed by atoms with Gasteiger partial charge in [0.1, 0.15) is 5.82 Å². The minimum absolute atomic E-state index is 0.211. The van der Waals surface area contributed by atoms with Crippen molar-refractivity contribution in [1.29, 1.82) is 0 Å². The molecule has 0 aliphatic heterocycles. The first kappa shape index (κ1) is 16.2. The molecular weight excluding hydrogens is 239 g/mol. The summed E-state index contributed by atoms with van der Waals surface area (Å²) in [6, 6.07) is 4.82. The van der Waals surface area contributed by atoms with Gasteiger partial charge in [-0.1, -0.05) is 33.8 Å². The van der Waals surface area contributed by atoms with Gasteiger partial charge in [0, 0.05) is 6.42 Å². The van der Waals surface area contributed by atoms with E-state index < -0.39 is 5.60 Å². The van der Waals surface area contributed by atoms with E-state index in [0.717, 1.165) is 24.0 Å². The Labute approximate surface area is 116 Å². The smallest absolute Gasteiger partial charge is 0.123 e. The first-order valence-electron chi connectivity index (χ1n) is 7.19. The van der Waals surface area contributed by atoms with E-state index in [1.807, 2.05) is 6.92 Å². The van der Waals surface area contributed by atoms with E-state index in [1.165, 1.54) is 6.07 Å². The van der Waals surface area contributed by atoms with E-state index in [4.69, 9.17) is 0 Å². The highest BCUT2D eigenvalue weighted by Crippen LogP contribution is 2.29. The fourth-order valence-corrected chi connectivity index (χ4v) is 2.96. The van der Waals surface area contributed by atoms with Crippen molar-refractivity contribution < 1.29 is 9.50 Å². The van der Waals surface area contributed by atoms with E-state index in [-0.39, 0.29) is 5.82 Å². The van der Waals surface area contributed by atoms with Crippen LogP contribution in [0.1, 0.15) is 51.7 Å². The lowest BCUT2D eigenvalue weighted by molar-refractivity contribution is 0.000600. The van der Waals surface area contributed by atoms with Gasteiger partial charge in [0.05, 0.1) is 5.60 Å². The van der Waals surface area contributed by atoms with Crippen molar-refractivity contribution in [3.63, 3.8) is 0 Å². The molecule has 0 aromatic heterocycles. The molecule has 0 unspecified atom stereocenters. The molecule has 1 nitrogen and oxygen atoms in total. The molecule has 0 radical (unpaired) electrons. The van der Waals surface area contributed by atoms with Gasteiger partial charge in [0.15, 0.2) is 0 Å². The van der Waals surface area contributed by atoms with Crippen LogP contribution in [0.15, 0.2) is 18.2 Å². The average molecular weight is 266 g/mol. The van der Waals surface area contributed by atoms with Crippen molar-refractivity contribution in [2.75, 3.05) is 0 Å². The highest BCUT2D eigenvalue weighted by atomic mass is 19.1. The maximum absolute atomic E-state index is 13.1. The molecule has 2 heteroatoms. The fourth-order valence-electron chi connectivity index (χ4n) is 2.96. The number of halogens is 1. The summed E-state index contributed by atoms with van der Waals surface area (Å²) in [6.07, 6.45) is 2.17. The monoisotopic (exact) mass is 266 g/mol. The molecular formula is C17H27FO. The van der Waals surface area contributed by atoms with Gasteiger partial charge in [0.2, 0.25) is 0 Å². The second-order valence-electron chi connectivity index (χ2n) is 6.67. The average Bonchev–Trinajstić information content (AvgIpc) is 2.19. The molecule has 1 N–H and O–H groups in total. The normalized spacial score (nSPS) is 12.5. The molecule has 0 amide bonds. The van der Waals surface area contributed by atoms with Gasteiger partial charge in [0.25, 0.3) is 0 Å². The molecule has 0 heterocycles. The summed E-state index contributed by atoms with van der Waals surface area (Å²) in [5.41, 5.74) is 1.28. The second kappa shape index (κ2) is 6.51. The lowest BCUT2D eigenvalue weighted by Gasteiger charge is -2.32. The maximum Gasteiger partial charge on any atom is 0.123 e. The van der Waals surface area contributed by atoms with Crippen LogP contribution in [0, 0.1) is 24.6 Å². The first-order valence-corrected chi connectivity index (χ1v) is 7.19. The molecule has 0 spiro atoms. The predicted molar refractivity (Wildman–Crippen MR) is 78.7 cm³/mol. The van der Waals surface area contributed by atoms with Gasteiger partial charge in [-0.05, 0) is 54.9 Å². The zero-order chi connectivity index (χ0) is 14.6. The van der Waals surface area contributed by atoms with E-state index in [1.54, 1.807) is 12.1 Å². The van der Waals surface area contributed by atoms with Crippen molar-refractivity contribution in [3.8, 4) is 0 Å². The fraction of sp³-hybridized carbons (Fsp3) is 0.647. The van der Waals surface area contributed by atoms with E-state index in [2.05, 4.69) is 27.7 Å². The Morgan fingerprint density at radius 2 is 1.63 bits per heavy atom. The maximum atomic E-state index is 13.1. The van der Waals surface area contributed by atoms with Crippen molar-refractivity contribution in [1.82, 2.24) is 0 Å².